The maximum absolute atomic E-state index is 11.5. The van der Waals surface area contributed by atoms with Crippen LogP contribution in [0, 0.1) is 0 Å². The van der Waals surface area contributed by atoms with E-state index in [2.05, 4.69) is 6.92 Å². The Hall–Kier alpha value is -0.600. The molecule has 0 fully saturated rings. The smallest absolute Gasteiger partial charge is 0.330 e. The van der Waals surface area contributed by atoms with Crippen molar-refractivity contribution in [3.63, 3.8) is 0 Å². The molecule has 0 aliphatic heterocycles. The van der Waals surface area contributed by atoms with E-state index in [1.165, 1.54) is 25.7 Å². The van der Waals surface area contributed by atoms with E-state index in [0.29, 0.717) is 0 Å². The van der Waals surface area contributed by atoms with Gasteiger partial charge in [0.2, 0.25) is 0 Å². The van der Waals surface area contributed by atoms with Gasteiger partial charge in [-0.3, -0.25) is 0 Å². The molecule has 0 atom stereocenters. The number of halogens is 6. The van der Waals surface area contributed by atoms with Gasteiger partial charge in [-0.05, 0) is 13.0 Å². The molecule has 0 saturated heterocycles. The van der Waals surface area contributed by atoms with Crippen LogP contribution in [0.15, 0.2) is 0 Å². The second kappa shape index (κ2) is 8.88. The minimum Gasteiger partial charge on any atom is -0.330 e. The lowest BCUT2D eigenvalue weighted by molar-refractivity contribution is -0.0476. The summed E-state index contributed by atoms with van der Waals surface area (Å²) in [6.45, 7) is 3.07. The Bertz CT molecular complexity index is 466. The summed E-state index contributed by atoms with van der Waals surface area (Å²) in [5.41, 5.74) is -7.03. The van der Waals surface area contributed by atoms with Crippen molar-refractivity contribution in [1.29, 1.82) is 0 Å². The molecule has 22 heavy (non-hydrogen) atoms. The molecule has 0 bridgehead atoms. The summed E-state index contributed by atoms with van der Waals surface area (Å²) in [6, 6.07) is 0. The number of hydrogen-bond acceptors (Lipinski definition) is 5. The molecule has 6 nitrogen and oxygen atoms in total. The highest BCUT2D eigenvalue weighted by Gasteiger charge is 2.55. The summed E-state index contributed by atoms with van der Waals surface area (Å²) in [5.74, 6) is 0. The number of alkyl halides is 6. The van der Waals surface area contributed by atoms with Gasteiger partial charge >= 0.3 is 31.1 Å². The minimum atomic E-state index is -6.60. The Morgan fingerprint density at radius 1 is 0.818 bits per heavy atom. The normalized spacial score (nSPS) is 13.5. The lowest BCUT2D eigenvalue weighted by atomic mass is 10.2. The van der Waals surface area contributed by atoms with Crippen LogP contribution < -0.4 is 9.86 Å². The van der Waals surface area contributed by atoms with E-state index in [1.807, 2.05) is 0 Å². The van der Waals surface area contributed by atoms with Gasteiger partial charge in [0.1, 0.15) is 0 Å². The largest absolute Gasteiger partial charge is 0.512 e. The highest BCUT2D eigenvalue weighted by atomic mass is 32.3. The van der Waals surface area contributed by atoms with Crippen LogP contribution >= 0.6 is 0 Å². The summed E-state index contributed by atoms with van der Waals surface area (Å²) in [4.78, 5) is 0. The van der Waals surface area contributed by atoms with Gasteiger partial charge in [0.25, 0.3) is 0 Å². The third-order valence-electron chi connectivity index (χ3n) is 1.89. The molecule has 0 aromatic carbocycles. The van der Waals surface area contributed by atoms with Crippen molar-refractivity contribution >= 4 is 20.0 Å². The van der Waals surface area contributed by atoms with Gasteiger partial charge < -0.3 is 5.73 Å². The molecule has 0 amide bonds. The summed E-state index contributed by atoms with van der Waals surface area (Å²) >= 11 is 0. The highest BCUT2D eigenvalue weighted by molar-refractivity contribution is 8.05. The maximum Gasteiger partial charge on any atom is 0.512 e. The van der Waals surface area contributed by atoms with Gasteiger partial charge in [0.05, 0.1) is 0 Å². The topological polar surface area (TPSA) is 106 Å². The van der Waals surface area contributed by atoms with E-state index in [-0.39, 0.29) is 0 Å². The molecule has 3 N–H and O–H groups in total. The fraction of sp³-hybridized carbons (Fsp3) is 1.00. The zero-order valence-corrected chi connectivity index (χ0v) is 13.0. The number of unbranched alkanes of at least 4 members (excludes halogenated alkanes) is 3. The molecule has 0 saturated carbocycles. The average Bonchev–Trinajstić information content (AvgIpc) is 2.26. The van der Waals surface area contributed by atoms with Crippen molar-refractivity contribution in [2.45, 2.75) is 43.6 Å². The Morgan fingerprint density at radius 2 is 1.18 bits per heavy atom. The van der Waals surface area contributed by atoms with Crippen LogP contribution in [0.2, 0.25) is 0 Å². The van der Waals surface area contributed by atoms with Crippen LogP contribution in [-0.2, 0) is 20.0 Å². The lowest BCUT2D eigenvalue weighted by Crippen LogP contribution is -2.45. The van der Waals surface area contributed by atoms with Crippen molar-refractivity contribution in [3.05, 3.63) is 0 Å². The first-order valence-corrected chi connectivity index (χ1v) is 8.70. The third-order valence-corrected chi connectivity index (χ3v) is 4.86. The van der Waals surface area contributed by atoms with E-state index in [1.54, 1.807) is 0 Å². The van der Waals surface area contributed by atoms with Crippen molar-refractivity contribution in [2.75, 3.05) is 6.54 Å². The number of sulfonamides is 2. The summed E-state index contributed by atoms with van der Waals surface area (Å²) in [5, 5.41) is 0. The SMILES string of the molecule is CCCCCCN.O=S(=O)(NS(=O)(=O)C(F)(F)F)C(F)(F)F. The zero-order chi connectivity index (χ0) is 18.2. The Morgan fingerprint density at radius 3 is 1.41 bits per heavy atom. The van der Waals surface area contributed by atoms with Gasteiger partial charge in [0, 0.05) is 0 Å². The quantitative estimate of drug-likeness (QED) is 0.538. The molecule has 0 radical (unpaired) electrons. The summed E-state index contributed by atoms with van der Waals surface area (Å²) in [6.07, 6.45) is 5.16. The highest BCUT2D eigenvalue weighted by Crippen LogP contribution is 2.27. The van der Waals surface area contributed by atoms with E-state index in [4.69, 9.17) is 5.73 Å². The van der Waals surface area contributed by atoms with Crippen LogP contribution in [0.3, 0.4) is 0 Å². The number of nitrogens with two attached hydrogens (primary N) is 1. The van der Waals surface area contributed by atoms with E-state index in [9.17, 15) is 43.2 Å². The molecule has 0 aromatic rings. The van der Waals surface area contributed by atoms with Crippen molar-refractivity contribution < 1.29 is 43.2 Å². The van der Waals surface area contributed by atoms with Gasteiger partial charge in [-0.2, -0.15) is 26.3 Å². The fourth-order valence-electron chi connectivity index (χ4n) is 0.810. The lowest BCUT2D eigenvalue weighted by Gasteiger charge is -2.11. The van der Waals surface area contributed by atoms with E-state index < -0.39 is 35.2 Å². The van der Waals surface area contributed by atoms with Gasteiger partial charge in [-0.25, -0.2) is 16.8 Å². The first-order chi connectivity index (χ1) is 9.62. The fourth-order valence-corrected chi connectivity index (χ4v) is 2.72. The molecule has 0 spiro atoms. The maximum atomic E-state index is 11.5. The molecule has 0 heterocycles. The second-order valence-corrected chi connectivity index (χ2v) is 7.44. The molecule has 0 aliphatic carbocycles. The zero-order valence-electron chi connectivity index (χ0n) is 11.3. The Kier molecular flexibility index (Phi) is 9.55. The monoisotopic (exact) mass is 382 g/mol. The summed E-state index contributed by atoms with van der Waals surface area (Å²) in [7, 11) is -13.2. The van der Waals surface area contributed by atoms with Crippen LogP contribution in [-0.4, -0.2) is 34.4 Å². The van der Waals surface area contributed by atoms with Crippen LogP contribution in [0.1, 0.15) is 32.6 Å². The second-order valence-electron chi connectivity index (χ2n) is 3.83. The standard InChI is InChI=1S/C6H15N.C2HF6NO4S2/c1-2-3-4-5-6-7;3-1(4,5)14(10,11)9-15(12,13)2(6,7)8/h2-7H2,1H3;9H. The Balaban J connectivity index is 0. The molecule has 0 aliphatic rings. The van der Waals surface area contributed by atoms with Crippen molar-refractivity contribution in [3.8, 4) is 0 Å². The summed E-state index contributed by atoms with van der Waals surface area (Å²) < 4.78 is 108. The van der Waals surface area contributed by atoms with E-state index >= 15 is 0 Å². The first-order valence-electron chi connectivity index (χ1n) is 5.73. The molecular weight excluding hydrogens is 366 g/mol. The van der Waals surface area contributed by atoms with Crippen LogP contribution in [0.5, 0.6) is 0 Å². The van der Waals surface area contributed by atoms with Gasteiger partial charge in [0.15, 0.2) is 0 Å². The molecule has 0 unspecified atom stereocenters. The third kappa shape index (κ3) is 8.75. The first kappa shape index (κ1) is 23.7. The van der Waals surface area contributed by atoms with Crippen LogP contribution in [0.4, 0.5) is 26.3 Å². The molecule has 0 aromatic heterocycles. The number of nitrogens with one attached hydrogen (secondary N) is 1. The predicted octanol–water partition coefficient (Wildman–Crippen LogP) is 1.80. The van der Waals surface area contributed by atoms with Crippen molar-refractivity contribution in [2.24, 2.45) is 5.73 Å². The Labute approximate surface area is 124 Å². The average molecular weight is 382 g/mol. The molecule has 136 valence electrons. The number of rotatable bonds is 6. The van der Waals surface area contributed by atoms with Crippen LogP contribution in [0.25, 0.3) is 0 Å². The van der Waals surface area contributed by atoms with Gasteiger partial charge in [-0.15, -0.1) is 0 Å². The number of hydrogen-bond donors (Lipinski definition) is 2. The predicted molar refractivity (Wildman–Crippen MR) is 66.3 cm³/mol. The molecular formula is C8H16F6N2O4S2. The van der Waals surface area contributed by atoms with Crippen molar-refractivity contribution in [1.82, 2.24) is 4.13 Å². The van der Waals surface area contributed by atoms with E-state index in [0.717, 1.165) is 6.54 Å². The molecule has 0 rings (SSSR count). The molecule has 14 heteroatoms. The minimum absolute atomic E-state index is 0.493. The van der Waals surface area contributed by atoms with Gasteiger partial charge in [-0.1, -0.05) is 30.3 Å².